The summed E-state index contributed by atoms with van der Waals surface area (Å²) < 4.78 is 24.6. The summed E-state index contributed by atoms with van der Waals surface area (Å²) in [4.78, 5) is 13.1. The third-order valence-corrected chi connectivity index (χ3v) is 5.54. The van der Waals surface area contributed by atoms with E-state index in [1.54, 1.807) is 7.11 Å². The normalized spacial score (nSPS) is 17.0. The first-order chi connectivity index (χ1) is 13.5. The van der Waals surface area contributed by atoms with E-state index in [2.05, 4.69) is 5.32 Å². The number of aliphatic hydroxyl groups excluding tert-OH is 1. The Morgan fingerprint density at radius 1 is 1.29 bits per heavy atom. The van der Waals surface area contributed by atoms with Crippen LogP contribution in [0.3, 0.4) is 0 Å². The molecule has 1 fully saturated rings. The number of aliphatic hydroxyl groups is 1. The Morgan fingerprint density at radius 3 is 2.57 bits per heavy atom. The van der Waals surface area contributed by atoms with Crippen LogP contribution >= 0.6 is 11.6 Å². The minimum atomic E-state index is -1.24. The fraction of sp³-hybridized carbons (Fsp3) is 0.381. The van der Waals surface area contributed by atoms with Crippen molar-refractivity contribution in [2.75, 3.05) is 26.9 Å². The lowest BCUT2D eigenvalue weighted by Gasteiger charge is -2.36. The lowest BCUT2D eigenvalue weighted by atomic mass is 9.73. The molecule has 0 bridgehead atoms. The second-order valence-corrected chi connectivity index (χ2v) is 7.19. The van der Waals surface area contributed by atoms with Crippen molar-refractivity contribution >= 4 is 17.5 Å². The Morgan fingerprint density at radius 2 is 1.96 bits per heavy atom. The van der Waals surface area contributed by atoms with Crippen LogP contribution in [0.4, 0.5) is 4.39 Å². The van der Waals surface area contributed by atoms with Crippen LogP contribution in [-0.4, -0.2) is 37.9 Å². The number of carbonyl (C=O) groups excluding carboxylic acids is 1. The van der Waals surface area contributed by atoms with Crippen LogP contribution in [-0.2, 0) is 14.9 Å². The SMILES string of the molecule is COc1ccc(C2(C(=O)NCC(O)c3c(F)cccc3Cl)CCOCC2)cc1. The summed E-state index contributed by atoms with van der Waals surface area (Å²) in [5, 5.41) is 13.3. The van der Waals surface area contributed by atoms with Crippen LogP contribution in [0, 0.1) is 5.82 Å². The molecule has 1 heterocycles. The molecule has 0 spiro atoms. The molecule has 1 atom stereocenters. The number of nitrogens with one attached hydrogen (secondary N) is 1. The van der Waals surface area contributed by atoms with Gasteiger partial charge in [-0.3, -0.25) is 4.79 Å². The second kappa shape index (κ2) is 8.90. The van der Waals surface area contributed by atoms with Gasteiger partial charge in [-0.05, 0) is 42.7 Å². The van der Waals surface area contributed by atoms with Crippen LogP contribution in [0.5, 0.6) is 5.75 Å². The molecular formula is C21H23ClFNO4. The van der Waals surface area contributed by atoms with Gasteiger partial charge in [0, 0.05) is 30.3 Å². The van der Waals surface area contributed by atoms with Gasteiger partial charge in [0.25, 0.3) is 0 Å². The highest BCUT2D eigenvalue weighted by molar-refractivity contribution is 6.31. The Bertz CT molecular complexity index is 801. The number of halogens is 2. The highest BCUT2D eigenvalue weighted by atomic mass is 35.5. The Labute approximate surface area is 168 Å². The monoisotopic (exact) mass is 407 g/mol. The maximum Gasteiger partial charge on any atom is 0.230 e. The summed E-state index contributed by atoms with van der Waals surface area (Å²) >= 11 is 6.00. The zero-order valence-corrected chi connectivity index (χ0v) is 16.3. The molecule has 2 N–H and O–H groups in total. The summed E-state index contributed by atoms with van der Waals surface area (Å²) in [5.74, 6) is -0.131. The summed E-state index contributed by atoms with van der Waals surface area (Å²) in [6.07, 6.45) is -0.214. The molecule has 0 aliphatic carbocycles. The Hall–Kier alpha value is -2.15. The van der Waals surface area contributed by atoms with Gasteiger partial charge in [-0.2, -0.15) is 0 Å². The molecule has 2 aromatic carbocycles. The molecule has 0 saturated carbocycles. The van der Waals surface area contributed by atoms with Crippen LogP contribution in [0.1, 0.15) is 30.1 Å². The van der Waals surface area contributed by atoms with Crippen LogP contribution in [0.2, 0.25) is 5.02 Å². The largest absolute Gasteiger partial charge is 0.497 e. The van der Waals surface area contributed by atoms with E-state index in [9.17, 15) is 14.3 Å². The summed E-state index contributed by atoms with van der Waals surface area (Å²) in [5.41, 5.74) is 0.0611. The fourth-order valence-electron chi connectivity index (χ4n) is 3.57. The number of amides is 1. The minimum Gasteiger partial charge on any atom is -0.497 e. The fourth-order valence-corrected chi connectivity index (χ4v) is 3.86. The van der Waals surface area contributed by atoms with Gasteiger partial charge in [-0.25, -0.2) is 4.39 Å². The van der Waals surface area contributed by atoms with Crippen molar-refractivity contribution in [2.24, 2.45) is 0 Å². The molecule has 0 aromatic heterocycles. The van der Waals surface area contributed by atoms with E-state index in [1.165, 1.54) is 18.2 Å². The molecule has 150 valence electrons. The molecular weight excluding hydrogens is 385 g/mol. The van der Waals surface area contributed by atoms with Crippen molar-refractivity contribution in [1.29, 1.82) is 0 Å². The quantitative estimate of drug-likeness (QED) is 0.770. The van der Waals surface area contributed by atoms with Crippen LogP contribution in [0.15, 0.2) is 42.5 Å². The number of benzene rings is 2. The van der Waals surface area contributed by atoms with Crippen LogP contribution in [0.25, 0.3) is 0 Å². The molecule has 1 aliphatic heterocycles. The molecule has 28 heavy (non-hydrogen) atoms. The van der Waals surface area contributed by atoms with Crippen molar-refractivity contribution in [2.45, 2.75) is 24.4 Å². The third kappa shape index (κ3) is 4.14. The number of hydrogen-bond donors (Lipinski definition) is 2. The van der Waals surface area contributed by atoms with Crippen molar-refractivity contribution in [1.82, 2.24) is 5.32 Å². The zero-order valence-electron chi connectivity index (χ0n) is 15.6. The maximum atomic E-state index is 14.0. The summed E-state index contributed by atoms with van der Waals surface area (Å²) in [6.45, 7) is 0.778. The minimum absolute atomic E-state index is 0.0186. The second-order valence-electron chi connectivity index (χ2n) is 6.78. The van der Waals surface area contributed by atoms with Gasteiger partial charge >= 0.3 is 0 Å². The van der Waals surface area contributed by atoms with Gasteiger partial charge in [0.1, 0.15) is 17.7 Å². The first kappa shape index (κ1) is 20.6. The lowest BCUT2D eigenvalue weighted by Crippen LogP contribution is -2.49. The number of hydrogen-bond acceptors (Lipinski definition) is 4. The van der Waals surface area contributed by atoms with E-state index in [4.69, 9.17) is 21.1 Å². The van der Waals surface area contributed by atoms with Gasteiger partial charge in [-0.1, -0.05) is 29.8 Å². The van der Waals surface area contributed by atoms with Crippen molar-refractivity contribution in [3.05, 3.63) is 64.4 Å². The molecule has 1 unspecified atom stereocenters. The molecule has 0 radical (unpaired) electrons. The van der Waals surface area contributed by atoms with E-state index in [-0.39, 0.29) is 23.0 Å². The predicted octanol–water partition coefficient (Wildman–Crippen LogP) is 3.39. The molecule has 1 aliphatic rings. The van der Waals surface area contributed by atoms with Crippen LogP contribution < -0.4 is 10.1 Å². The van der Waals surface area contributed by atoms with E-state index in [0.29, 0.717) is 31.8 Å². The van der Waals surface area contributed by atoms with E-state index in [0.717, 1.165) is 5.56 Å². The Balaban J connectivity index is 1.78. The third-order valence-electron chi connectivity index (χ3n) is 5.21. The molecule has 2 aromatic rings. The average Bonchev–Trinajstić information content (AvgIpc) is 2.72. The number of ether oxygens (including phenoxy) is 2. The lowest BCUT2D eigenvalue weighted by molar-refractivity contribution is -0.131. The van der Waals surface area contributed by atoms with Gasteiger partial charge in [-0.15, -0.1) is 0 Å². The Kier molecular flexibility index (Phi) is 6.54. The van der Waals surface area contributed by atoms with E-state index >= 15 is 0 Å². The van der Waals surface area contributed by atoms with Crippen molar-refractivity contribution in [3.8, 4) is 5.75 Å². The molecule has 1 saturated heterocycles. The number of carbonyl (C=O) groups is 1. The highest BCUT2D eigenvalue weighted by Crippen LogP contribution is 2.36. The summed E-state index contributed by atoms with van der Waals surface area (Å²) in [6, 6.07) is 11.6. The molecule has 7 heteroatoms. The maximum absolute atomic E-state index is 14.0. The molecule has 3 rings (SSSR count). The summed E-state index contributed by atoms with van der Waals surface area (Å²) in [7, 11) is 1.58. The molecule has 1 amide bonds. The van der Waals surface area contributed by atoms with Gasteiger partial charge < -0.3 is 19.9 Å². The van der Waals surface area contributed by atoms with Gasteiger partial charge in [0.15, 0.2) is 0 Å². The van der Waals surface area contributed by atoms with Gasteiger partial charge in [0.2, 0.25) is 5.91 Å². The van der Waals surface area contributed by atoms with E-state index < -0.39 is 17.3 Å². The van der Waals surface area contributed by atoms with Crippen molar-refractivity contribution < 1.29 is 23.8 Å². The predicted molar refractivity (Wildman–Crippen MR) is 104 cm³/mol. The standard InChI is InChI=1S/C21H23ClFNO4/c1-27-15-7-5-14(6-8-15)21(9-11-28-12-10-21)20(26)24-13-18(25)19-16(22)3-2-4-17(19)23/h2-8,18,25H,9-13H2,1H3,(H,24,26). The number of rotatable bonds is 6. The number of methoxy groups -OCH3 is 1. The zero-order chi connectivity index (χ0) is 20.1. The van der Waals surface area contributed by atoms with E-state index in [1.807, 2.05) is 24.3 Å². The first-order valence-corrected chi connectivity index (χ1v) is 9.48. The first-order valence-electron chi connectivity index (χ1n) is 9.10. The van der Waals surface area contributed by atoms with Crippen molar-refractivity contribution in [3.63, 3.8) is 0 Å². The average molecular weight is 408 g/mol. The van der Waals surface area contributed by atoms with Gasteiger partial charge in [0.05, 0.1) is 12.5 Å². The smallest absolute Gasteiger partial charge is 0.230 e. The molecule has 5 nitrogen and oxygen atoms in total. The highest BCUT2D eigenvalue weighted by Gasteiger charge is 2.41. The topological polar surface area (TPSA) is 67.8 Å².